The number of hydrogen-bond donors (Lipinski definition) is 1. The number of rotatable bonds is 10. The molecular weight excluding hydrogens is 402 g/mol. The van der Waals surface area contributed by atoms with Crippen molar-refractivity contribution in [3.05, 3.63) is 76.9 Å². The van der Waals surface area contributed by atoms with E-state index in [2.05, 4.69) is 23.6 Å². The van der Waals surface area contributed by atoms with Crippen LogP contribution in [0.1, 0.15) is 18.2 Å². The summed E-state index contributed by atoms with van der Waals surface area (Å²) in [5.41, 5.74) is 4.29. The summed E-state index contributed by atoms with van der Waals surface area (Å²) in [6.07, 6.45) is -0.499. The molecule has 1 atom stereocenters. The van der Waals surface area contributed by atoms with E-state index in [1.54, 1.807) is 6.92 Å². The van der Waals surface area contributed by atoms with Gasteiger partial charge in [0.05, 0.1) is 6.54 Å². The van der Waals surface area contributed by atoms with Gasteiger partial charge in [-0.2, -0.15) is 0 Å². The Morgan fingerprint density at radius 1 is 1.07 bits per heavy atom. The highest BCUT2D eigenvalue weighted by molar-refractivity contribution is 6.30. The minimum Gasteiger partial charge on any atom is -0.492 e. The normalized spacial score (nSPS) is 12.0. The number of halogens is 1. The monoisotopic (exact) mass is 427 g/mol. The van der Waals surface area contributed by atoms with Crippen molar-refractivity contribution < 1.29 is 19.4 Å². The SMILES string of the molecule is CCOC(Cc1ccc(OCCn2c(C)ccc2-c2ccc(Cl)cc2)cc1)C(=O)O. The minimum absolute atomic E-state index is 0.330. The molecule has 2 aromatic carbocycles. The molecule has 0 bridgehead atoms. The van der Waals surface area contributed by atoms with Crippen LogP contribution in [0.25, 0.3) is 11.3 Å². The number of ether oxygens (including phenoxy) is 2. The summed E-state index contributed by atoms with van der Waals surface area (Å²) >= 11 is 6.00. The second-order valence-electron chi connectivity index (χ2n) is 7.00. The third-order valence-electron chi connectivity index (χ3n) is 4.91. The van der Waals surface area contributed by atoms with Gasteiger partial charge in [0.15, 0.2) is 6.10 Å². The van der Waals surface area contributed by atoms with Crippen LogP contribution in [0.2, 0.25) is 5.02 Å². The Morgan fingerprint density at radius 2 is 1.77 bits per heavy atom. The number of nitrogens with zero attached hydrogens (tertiary/aromatic N) is 1. The summed E-state index contributed by atoms with van der Waals surface area (Å²) in [7, 11) is 0. The molecule has 0 fully saturated rings. The zero-order chi connectivity index (χ0) is 21.5. The lowest BCUT2D eigenvalue weighted by molar-refractivity contribution is -0.149. The van der Waals surface area contributed by atoms with Crippen LogP contribution in [0.5, 0.6) is 5.75 Å². The van der Waals surface area contributed by atoms with Crippen molar-refractivity contribution in [2.75, 3.05) is 13.2 Å². The lowest BCUT2D eigenvalue weighted by atomic mass is 10.1. The zero-order valence-electron chi connectivity index (χ0n) is 17.2. The van der Waals surface area contributed by atoms with Gasteiger partial charge in [0, 0.05) is 29.4 Å². The van der Waals surface area contributed by atoms with Gasteiger partial charge >= 0.3 is 5.97 Å². The van der Waals surface area contributed by atoms with Gasteiger partial charge in [-0.15, -0.1) is 0 Å². The lowest BCUT2D eigenvalue weighted by Crippen LogP contribution is -2.26. The molecule has 0 saturated carbocycles. The maximum Gasteiger partial charge on any atom is 0.333 e. The first-order chi connectivity index (χ1) is 14.5. The number of aromatic nitrogens is 1. The minimum atomic E-state index is -0.948. The second kappa shape index (κ2) is 10.3. The van der Waals surface area contributed by atoms with E-state index in [4.69, 9.17) is 21.1 Å². The van der Waals surface area contributed by atoms with Crippen molar-refractivity contribution in [2.24, 2.45) is 0 Å². The molecule has 6 heteroatoms. The quantitative estimate of drug-likeness (QED) is 0.481. The fourth-order valence-electron chi connectivity index (χ4n) is 3.35. The van der Waals surface area contributed by atoms with E-state index in [0.29, 0.717) is 26.2 Å². The van der Waals surface area contributed by atoms with E-state index in [0.717, 1.165) is 33.3 Å². The van der Waals surface area contributed by atoms with Gasteiger partial charge in [-0.3, -0.25) is 0 Å². The molecule has 1 N–H and O–H groups in total. The van der Waals surface area contributed by atoms with E-state index in [1.165, 1.54) is 0 Å². The molecule has 30 heavy (non-hydrogen) atoms. The fraction of sp³-hybridized carbons (Fsp3) is 0.292. The van der Waals surface area contributed by atoms with E-state index in [-0.39, 0.29) is 0 Å². The number of carboxylic acids is 1. The maximum absolute atomic E-state index is 11.2. The van der Waals surface area contributed by atoms with Crippen molar-refractivity contribution in [3.63, 3.8) is 0 Å². The van der Waals surface area contributed by atoms with Gasteiger partial charge in [-0.1, -0.05) is 35.9 Å². The standard InChI is InChI=1S/C24H26ClNO4/c1-3-29-23(24(27)28)16-18-5-11-21(12-6-18)30-15-14-26-17(2)4-13-22(26)19-7-9-20(25)10-8-19/h4-13,23H,3,14-16H2,1-2H3,(H,27,28). The average Bonchev–Trinajstić information content (AvgIpc) is 3.10. The number of hydrogen-bond acceptors (Lipinski definition) is 3. The predicted octanol–water partition coefficient (Wildman–Crippen LogP) is 5.23. The van der Waals surface area contributed by atoms with Gasteiger partial charge in [0.25, 0.3) is 0 Å². The van der Waals surface area contributed by atoms with Crippen molar-refractivity contribution in [1.29, 1.82) is 0 Å². The average molecular weight is 428 g/mol. The molecule has 3 rings (SSSR count). The largest absolute Gasteiger partial charge is 0.492 e. The molecule has 158 valence electrons. The Balaban J connectivity index is 1.59. The molecule has 0 aliphatic heterocycles. The van der Waals surface area contributed by atoms with Crippen LogP contribution in [-0.4, -0.2) is 35.0 Å². The van der Waals surface area contributed by atoms with Crippen molar-refractivity contribution >= 4 is 17.6 Å². The van der Waals surface area contributed by atoms with Crippen molar-refractivity contribution in [3.8, 4) is 17.0 Å². The Bertz CT molecular complexity index is 964. The molecular formula is C24H26ClNO4. The molecule has 0 saturated heterocycles. The number of carboxylic acid groups (broad SMARTS) is 1. The maximum atomic E-state index is 11.2. The summed E-state index contributed by atoms with van der Waals surface area (Å²) in [5, 5.41) is 9.93. The van der Waals surface area contributed by atoms with Crippen LogP contribution in [0, 0.1) is 6.92 Å². The van der Waals surface area contributed by atoms with Crippen LogP contribution in [0.15, 0.2) is 60.7 Å². The molecule has 1 unspecified atom stereocenters. The number of aryl methyl sites for hydroxylation is 1. The van der Waals surface area contributed by atoms with Crippen LogP contribution in [0.4, 0.5) is 0 Å². The summed E-state index contributed by atoms with van der Waals surface area (Å²) in [4.78, 5) is 11.2. The predicted molar refractivity (Wildman–Crippen MR) is 118 cm³/mol. The summed E-state index contributed by atoms with van der Waals surface area (Å²) < 4.78 is 13.4. The number of aliphatic carboxylic acids is 1. The highest BCUT2D eigenvalue weighted by Gasteiger charge is 2.17. The van der Waals surface area contributed by atoms with Gasteiger partial charge < -0.3 is 19.1 Å². The molecule has 1 heterocycles. The molecule has 5 nitrogen and oxygen atoms in total. The van der Waals surface area contributed by atoms with E-state index in [9.17, 15) is 9.90 Å². The molecule has 0 radical (unpaired) electrons. The molecule has 0 aliphatic rings. The van der Waals surface area contributed by atoms with E-state index < -0.39 is 12.1 Å². The van der Waals surface area contributed by atoms with Gasteiger partial charge in [-0.05, 0) is 61.4 Å². The first kappa shape index (κ1) is 21.9. The number of carbonyl (C=O) groups is 1. The highest BCUT2D eigenvalue weighted by atomic mass is 35.5. The van der Waals surface area contributed by atoms with Crippen LogP contribution < -0.4 is 4.74 Å². The lowest BCUT2D eigenvalue weighted by Gasteiger charge is -2.14. The molecule has 0 aliphatic carbocycles. The van der Waals surface area contributed by atoms with Gasteiger partial charge in [0.1, 0.15) is 12.4 Å². The topological polar surface area (TPSA) is 60.7 Å². The second-order valence-corrected chi connectivity index (χ2v) is 7.43. The summed E-state index contributed by atoms with van der Waals surface area (Å²) in [6, 6.07) is 19.5. The Morgan fingerprint density at radius 3 is 2.40 bits per heavy atom. The zero-order valence-corrected chi connectivity index (χ0v) is 17.9. The molecule has 1 aromatic heterocycles. The fourth-order valence-corrected chi connectivity index (χ4v) is 3.47. The molecule has 3 aromatic rings. The summed E-state index contributed by atoms with van der Waals surface area (Å²) in [6.45, 7) is 5.47. The van der Waals surface area contributed by atoms with Gasteiger partial charge in [0.2, 0.25) is 0 Å². The Kier molecular flexibility index (Phi) is 7.55. The van der Waals surface area contributed by atoms with Crippen molar-refractivity contribution in [2.45, 2.75) is 32.9 Å². The third-order valence-corrected chi connectivity index (χ3v) is 5.16. The van der Waals surface area contributed by atoms with Gasteiger partial charge in [-0.25, -0.2) is 4.79 Å². The molecule has 0 spiro atoms. The molecule has 0 amide bonds. The van der Waals surface area contributed by atoms with E-state index in [1.807, 2.05) is 48.5 Å². The number of benzene rings is 2. The first-order valence-electron chi connectivity index (χ1n) is 9.96. The third kappa shape index (κ3) is 5.65. The first-order valence-corrected chi connectivity index (χ1v) is 10.3. The Hall–Kier alpha value is -2.76. The highest BCUT2D eigenvalue weighted by Crippen LogP contribution is 2.24. The summed E-state index contributed by atoms with van der Waals surface area (Å²) in [5.74, 6) is -0.198. The van der Waals surface area contributed by atoms with E-state index >= 15 is 0 Å². The smallest absolute Gasteiger partial charge is 0.333 e. The van der Waals surface area contributed by atoms with Crippen molar-refractivity contribution in [1.82, 2.24) is 4.57 Å². The van der Waals surface area contributed by atoms with Crippen LogP contribution in [0.3, 0.4) is 0 Å². The van der Waals surface area contributed by atoms with Crippen LogP contribution >= 0.6 is 11.6 Å². The van der Waals surface area contributed by atoms with Crippen LogP contribution in [-0.2, 0) is 22.5 Å². The Labute approximate surface area is 181 Å².